The Kier molecular flexibility index (Phi) is 2.42. The second-order valence-corrected chi connectivity index (χ2v) is 6.04. The van der Waals surface area contributed by atoms with Crippen LogP contribution in [0.3, 0.4) is 0 Å². The number of rotatable bonds is 4. The van der Waals surface area contributed by atoms with E-state index >= 15 is 0 Å². The lowest BCUT2D eigenvalue weighted by atomic mass is 9.49. The molecule has 4 bridgehead atoms. The molecule has 17 heavy (non-hydrogen) atoms. The maximum atomic E-state index is 11.1. The summed E-state index contributed by atoms with van der Waals surface area (Å²) in [4.78, 5) is 21.8. The molecule has 94 valence electrons. The summed E-state index contributed by atoms with van der Waals surface area (Å²) in [6.45, 7) is 0.463. The van der Waals surface area contributed by atoms with E-state index in [1.165, 1.54) is 6.42 Å². The van der Waals surface area contributed by atoms with Crippen LogP contribution in [0.25, 0.3) is 0 Å². The molecule has 4 aliphatic carbocycles. The van der Waals surface area contributed by atoms with Crippen LogP contribution in [0.4, 0.5) is 0 Å². The molecule has 0 aromatic rings. The van der Waals surface area contributed by atoms with Crippen LogP contribution in [0.2, 0.25) is 0 Å². The lowest BCUT2D eigenvalue weighted by Gasteiger charge is -2.59. The molecule has 4 heteroatoms. The number of carboxylic acids is 1. The maximum Gasteiger partial charge on any atom is 0.307 e. The molecule has 0 radical (unpaired) electrons. The van der Waals surface area contributed by atoms with E-state index in [4.69, 9.17) is 9.84 Å². The van der Waals surface area contributed by atoms with Gasteiger partial charge in [-0.3, -0.25) is 9.59 Å². The van der Waals surface area contributed by atoms with Crippen LogP contribution in [0, 0.1) is 23.7 Å². The minimum atomic E-state index is -0.848. The number of ether oxygens (including phenoxy) is 1. The normalized spacial score (nSPS) is 46.8. The smallest absolute Gasteiger partial charge is 0.307 e. The number of carbonyl (C=O) groups excluding carboxylic acids is 1. The molecule has 0 aliphatic heterocycles. The molecule has 4 aliphatic rings. The van der Waals surface area contributed by atoms with E-state index in [1.807, 2.05) is 0 Å². The Morgan fingerprint density at radius 2 is 1.71 bits per heavy atom. The number of aliphatic carboxylic acids is 1. The van der Waals surface area contributed by atoms with Crippen molar-refractivity contribution in [2.75, 3.05) is 0 Å². The molecule has 4 fully saturated rings. The summed E-state index contributed by atoms with van der Waals surface area (Å²) in [7, 11) is 0. The Labute approximate surface area is 100 Å². The summed E-state index contributed by atoms with van der Waals surface area (Å²) in [6, 6.07) is 0. The van der Waals surface area contributed by atoms with Crippen molar-refractivity contribution in [2.24, 2.45) is 23.7 Å². The molecule has 1 N–H and O–H groups in total. The molecule has 0 aromatic carbocycles. The lowest BCUT2D eigenvalue weighted by Crippen LogP contribution is -2.59. The van der Waals surface area contributed by atoms with E-state index in [1.54, 1.807) is 0 Å². The molecule has 0 amide bonds. The predicted molar refractivity (Wildman–Crippen MR) is 59.2 cm³/mol. The van der Waals surface area contributed by atoms with Gasteiger partial charge >= 0.3 is 5.97 Å². The van der Waals surface area contributed by atoms with Gasteiger partial charge in [0, 0.05) is 11.8 Å². The predicted octanol–water partition coefficient (Wildman–Crippen LogP) is 1.83. The highest BCUT2D eigenvalue weighted by atomic mass is 16.5. The number of hydrogen-bond donors (Lipinski definition) is 1. The zero-order valence-electron chi connectivity index (χ0n) is 9.80. The van der Waals surface area contributed by atoms with Gasteiger partial charge in [-0.25, -0.2) is 0 Å². The second kappa shape index (κ2) is 3.72. The van der Waals surface area contributed by atoms with Crippen LogP contribution < -0.4 is 0 Å². The summed E-state index contributed by atoms with van der Waals surface area (Å²) in [5, 5.41) is 9.09. The van der Waals surface area contributed by atoms with Crippen molar-refractivity contribution >= 4 is 12.4 Å². The molecule has 4 saturated carbocycles. The molecule has 0 saturated heterocycles. The summed E-state index contributed by atoms with van der Waals surface area (Å²) in [5.41, 5.74) is -0.693. The maximum absolute atomic E-state index is 11.1. The average molecular weight is 238 g/mol. The van der Waals surface area contributed by atoms with Gasteiger partial charge in [0.05, 0.1) is 6.42 Å². The van der Waals surface area contributed by atoms with Gasteiger partial charge in [0.1, 0.15) is 5.60 Å². The lowest BCUT2D eigenvalue weighted by molar-refractivity contribution is -0.204. The van der Waals surface area contributed by atoms with Gasteiger partial charge in [0.2, 0.25) is 0 Å². The number of carbonyl (C=O) groups is 2. The minimum Gasteiger partial charge on any atom is -0.481 e. The Morgan fingerprint density at radius 3 is 2.12 bits per heavy atom. The average Bonchev–Trinajstić information content (AvgIpc) is 2.24. The van der Waals surface area contributed by atoms with Gasteiger partial charge in [-0.1, -0.05) is 0 Å². The molecule has 0 heterocycles. The third-order valence-corrected chi connectivity index (χ3v) is 5.22. The van der Waals surface area contributed by atoms with Crippen molar-refractivity contribution in [3.63, 3.8) is 0 Å². The molecule has 0 aromatic heterocycles. The summed E-state index contributed by atoms with van der Waals surface area (Å²) in [6.07, 6.45) is 5.49. The van der Waals surface area contributed by atoms with Crippen LogP contribution in [0.1, 0.15) is 38.5 Å². The third-order valence-electron chi connectivity index (χ3n) is 5.22. The fourth-order valence-electron chi connectivity index (χ4n) is 4.83. The van der Waals surface area contributed by atoms with Crippen molar-refractivity contribution < 1.29 is 19.4 Å². The topological polar surface area (TPSA) is 63.6 Å². The quantitative estimate of drug-likeness (QED) is 0.759. The van der Waals surface area contributed by atoms with E-state index < -0.39 is 11.6 Å². The van der Waals surface area contributed by atoms with E-state index in [2.05, 4.69) is 0 Å². The highest BCUT2D eigenvalue weighted by Gasteiger charge is 2.59. The third kappa shape index (κ3) is 1.57. The van der Waals surface area contributed by atoms with Gasteiger partial charge in [-0.2, -0.15) is 0 Å². The second-order valence-electron chi connectivity index (χ2n) is 6.04. The highest BCUT2D eigenvalue weighted by molar-refractivity contribution is 5.69. The zero-order chi connectivity index (χ0) is 12.0. The molecule has 4 nitrogen and oxygen atoms in total. The first-order valence-corrected chi connectivity index (χ1v) is 6.47. The first-order valence-electron chi connectivity index (χ1n) is 6.47. The van der Waals surface area contributed by atoms with E-state index in [-0.39, 0.29) is 18.3 Å². The summed E-state index contributed by atoms with van der Waals surface area (Å²) >= 11 is 0. The van der Waals surface area contributed by atoms with Crippen LogP contribution in [0.15, 0.2) is 0 Å². The van der Waals surface area contributed by atoms with Gasteiger partial charge in [-0.15, -0.1) is 0 Å². The monoisotopic (exact) mass is 238 g/mol. The van der Waals surface area contributed by atoms with E-state index in [0.29, 0.717) is 6.47 Å². The Bertz CT molecular complexity index is 321. The van der Waals surface area contributed by atoms with Crippen molar-refractivity contribution in [3.05, 3.63) is 0 Å². The van der Waals surface area contributed by atoms with Crippen LogP contribution >= 0.6 is 0 Å². The van der Waals surface area contributed by atoms with Crippen molar-refractivity contribution in [1.29, 1.82) is 0 Å². The highest BCUT2D eigenvalue weighted by Crippen LogP contribution is 2.60. The Balaban J connectivity index is 1.92. The standard InChI is InChI=1S/C13H18O4/c14-7-17-13(6-12(15)16)10-2-8-1-9(4-10)5-11(13)3-8/h7-11H,1-6H2,(H,15,16). The van der Waals surface area contributed by atoms with Gasteiger partial charge < -0.3 is 9.84 Å². The molecule has 0 spiro atoms. The molecular formula is C13H18O4. The zero-order valence-corrected chi connectivity index (χ0v) is 9.80. The SMILES string of the molecule is O=COC1(CC(=O)O)C2CC3CC(C2)CC1C3. The van der Waals surface area contributed by atoms with Crippen molar-refractivity contribution in [2.45, 2.75) is 44.1 Å². The largest absolute Gasteiger partial charge is 0.481 e. The van der Waals surface area contributed by atoms with Crippen LogP contribution in [-0.4, -0.2) is 23.1 Å². The first-order chi connectivity index (χ1) is 8.14. The van der Waals surface area contributed by atoms with E-state index in [9.17, 15) is 9.59 Å². The number of hydrogen-bond acceptors (Lipinski definition) is 3. The molecular weight excluding hydrogens is 220 g/mol. The minimum absolute atomic E-state index is 0.0134. The van der Waals surface area contributed by atoms with E-state index in [0.717, 1.165) is 37.5 Å². The van der Waals surface area contributed by atoms with Crippen LogP contribution in [0.5, 0.6) is 0 Å². The molecule has 4 rings (SSSR count). The van der Waals surface area contributed by atoms with Crippen molar-refractivity contribution in [3.8, 4) is 0 Å². The van der Waals surface area contributed by atoms with Gasteiger partial charge in [0.15, 0.2) is 0 Å². The first kappa shape index (κ1) is 11.1. The fraction of sp³-hybridized carbons (Fsp3) is 0.846. The van der Waals surface area contributed by atoms with Crippen LogP contribution in [-0.2, 0) is 14.3 Å². The molecule has 0 atom stereocenters. The molecule has 0 unspecified atom stereocenters. The summed E-state index contributed by atoms with van der Waals surface area (Å²) in [5.74, 6) is 1.20. The fourth-order valence-corrected chi connectivity index (χ4v) is 4.83. The Morgan fingerprint density at radius 1 is 1.18 bits per heavy atom. The summed E-state index contributed by atoms with van der Waals surface area (Å²) < 4.78 is 5.36. The van der Waals surface area contributed by atoms with Gasteiger partial charge in [-0.05, 0) is 43.9 Å². The van der Waals surface area contributed by atoms with Gasteiger partial charge in [0.25, 0.3) is 6.47 Å². The Hall–Kier alpha value is -1.06. The van der Waals surface area contributed by atoms with Crippen molar-refractivity contribution in [1.82, 2.24) is 0 Å². The number of carboxylic acid groups (broad SMARTS) is 1.